The van der Waals surface area contributed by atoms with Crippen LogP contribution in [-0.2, 0) is 11.6 Å². The van der Waals surface area contributed by atoms with Crippen LogP contribution in [0, 0.1) is 5.82 Å². The normalized spacial score (nSPS) is 12.9. The van der Waals surface area contributed by atoms with E-state index in [1.54, 1.807) is 0 Å². The molecule has 6 heteroatoms. The van der Waals surface area contributed by atoms with Crippen LogP contribution in [0.4, 0.5) is 17.6 Å². The lowest BCUT2D eigenvalue weighted by Gasteiger charge is -2.26. The predicted molar refractivity (Wildman–Crippen MR) is 56.8 cm³/mol. The minimum atomic E-state index is -4.77. The number of hydrogen-bond donors (Lipinski definition) is 1. The van der Waals surface area contributed by atoms with Gasteiger partial charge in [-0.25, -0.2) is 4.39 Å². The van der Waals surface area contributed by atoms with Gasteiger partial charge >= 0.3 is 6.18 Å². The van der Waals surface area contributed by atoms with Gasteiger partial charge in [0.25, 0.3) is 0 Å². The average Bonchev–Trinajstić information content (AvgIpc) is 2.06. The van der Waals surface area contributed by atoms with Crippen LogP contribution in [0.3, 0.4) is 0 Å². The Morgan fingerprint density at radius 1 is 1.12 bits per heavy atom. The van der Waals surface area contributed by atoms with Crippen molar-refractivity contribution >= 4 is 11.6 Å². The van der Waals surface area contributed by atoms with E-state index >= 15 is 0 Å². The molecule has 1 N–H and O–H groups in total. The van der Waals surface area contributed by atoms with E-state index in [2.05, 4.69) is 0 Å². The van der Waals surface area contributed by atoms with E-state index in [1.807, 2.05) is 0 Å². The Bertz CT molecular complexity index is 446. The third-order valence-corrected chi connectivity index (χ3v) is 2.53. The van der Waals surface area contributed by atoms with Crippen LogP contribution in [0.1, 0.15) is 31.9 Å². The highest BCUT2D eigenvalue weighted by Crippen LogP contribution is 2.45. The molecule has 0 aliphatic carbocycles. The molecule has 1 nitrogen and oxygen atoms in total. The number of hydrogen-bond acceptors (Lipinski definition) is 1. The van der Waals surface area contributed by atoms with Gasteiger partial charge in [0.05, 0.1) is 10.6 Å². The third kappa shape index (κ3) is 2.65. The molecule has 0 amide bonds. The highest BCUT2D eigenvalue weighted by atomic mass is 35.5. The van der Waals surface area contributed by atoms with Gasteiger partial charge in [-0.3, -0.25) is 0 Å². The zero-order valence-electron chi connectivity index (χ0n) is 9.41. The van der Waals surface area contributed by atoms with E-state index in [-0.39, 0.29) is 0 Å². The number of alkyl halides is 3. The minimum absolute atomic E-state index is 0.564. The lowest BCUT2D eigenvalue weighted by molar-refractivity contribution is -0.138. The highest BCUT2D eigenvalue weighted by molar-refractivity contribution is 6.31. The number of phenols is 1. The fourth-order valence-electron chi connectivity index (χ4n) is 1.59. The molecule has 0 heterocycles. The molecule has 0 spiro atoms. The van der Waals surface area contributed by atoms with Gasteiger partial charge in [-0.1, -0.05) is 32.4 Å². The van der Waals surface area contributed by atoms with Crippen LogP contribution in [0.5, 0.6) is 5.75 Å². The first-order valence-corrected chi connectivity index (χ1v) is 5.12. The maximum atomic E-state index is 13.7. The SMILES string of the molecule is CC(C)(C)c1c(F)c(O)cc(Cl)c1C(F)(F)F. The molecule has 96 valence electrons. The fourth-order valence-corrected chi connectivity index (χ4v) is 1.90. The summed E-state index contributed by atoms with van der Waals surface area (Å²) in [5.41, 5.74) is -2.99. The van der Waals surface area contributed by atoms with Crippen molar-refractivity contribution in [3.63, 3.8) is 0 Å². The van der Waals surface area contributed by atoms with E-state index in [0.29, 0.717) is 6.07 Å². The first kappa shape index (κ1) is 14.1. The van der Waals surface area contributed by atoms with Gasteiger partial charge in [-0.05, 0) is 5.41 Å². The van der Waals surface area contributed by atoms with E-state index in [4.69, 9.17) is 11.6 Å². The Morgan fingerprint density at radius 2 is 1.59 bits per heavy atom. The molecule has 0 atom stereocenters. The molecule has 0 unspecified atom stereocenters. The van der Waals surface area contributed by atoms with E-state index in [1.165, 1.54) is 20.8 Å². The van der Waals surface area contributed by atoms with E-state index < -0.39 is 39.3 Å². The molecule has 0 saturated carbocycles. The van der Waals surface area contributed by atoms with Gasteiger partial charge in [0, 0.05) is 11.6 Å². The number of halogens is 5. The van der Waals surface area contributed by atoms with Crippen LogP contribution in [0.25, 0.3) is 0 Å². The third-order valence-electron chi connectivity index (χ3n) is 2.23. The predicted octanol–water partition coefficient (Wildman–Crippen LogP) is 4.50. The Balaban J connectivity index is 3.76. The molecule has 0 bridgehead atoms. The van der Waals surface area contributed by atoms with E-state index in [0.717, 1.165) is 0 Å². The van der Waals surface area contributed by atoms with Gasteiger partial charge in [-0.15, -0.1) is 0 Å². The molecule has 1 aromatic carbocycles. The lowest BCUT2D eigenvalue weighted by atomic mass is 9.83. The Kier molecular flexibility index (Phi) is 3.36. The minimum Gasteiger partial charge on any atom is -0.505 e. The average molecular weight is 271 g/mol. The molecule has 0 fully saturated rings. The standard InChI is InChI=1S/C11H11ClF4O/c1-10(2,3)8-7(11(14,15)16)5(12)4-6(17)9(8)13/h4,17H,1-3H3. The molecular formula is C11H11ClF4O. The Labute approximate surface area is 101 Å². The molecule has 0 aliphatic rings. The van der Waals surface area contributed by atoms with Crippen molar-refractivity contribution in [2.45, 2.75) is 32.4 Å². The summed E-state index contributed by atoms with van der Waals surface area (Å²) in [5.74, 6) is -2.16. The summed E-state index contributed by atoms with van der Waals surface area (Å²) < 4.78 is 52.1. The maximum Gasteiger partial charge on any atom is 0.418 e. The summed E-state index contributed by atoms with van der Waals surface area (Å²) in [6.45, 7) is 4.24. The second kappa shape index (κ2) is 4.05. The molecule has 0 saturated heterocycles. The van der Waals surface area contributed by atoms with Crippen molar-refractivity contribution < 1.29 is 22.7 Å². The Morgan fingerprint density at radius 3 is 1.94 bits per heavy atom. The van der Waals surface area contributed by atoms with Crippen molar-refractivity contribution in [2.24, 2.45) is 0 Å². The zero-order valence-corrected chi connectivity index (χ0v) is 10.2. The van der Waals surface area contributed by atoms with Crippen LogP contribution in [0.2, 0.25) is 5.02 Å². The van der Waals surface area contributed by atoms with Crippen molar-refractivity contribution in [3.05, 3.63) is 28.0 Å². The first-order valence-electron chi connectivity index (χ1n) is 4.75. The second-order valence-corrected chi connectivity index (χ2v) is 5.10. The van der Waals surface area contributed by atoms with Crippen LogP contribution < -0.4 is 0 Å². The van der Waals surface area contributed by atoms with Crippen molar-refractivity contribution in [2.75, 3.05) is 0 Å². The molecule has 1 aromatic rings. The number of rotatable bonds is 0. The van der Waals surface area contributed by atoms with Gasteiger partial charge in [0.15, 0.2) is 11.6 Å². The van der Waals surface area contributed by atoms with Crippen molar-refractivity contribution in [3.8, 4) is 5.75 Å². The van der Waals surface area contributed by atoms with Crippen LogP contribution in [-0.4, -0.2) is 5.11 Å². The summed E-state index contributed by atoms with van der Waals surface area (Å²) in [5, 5.41) is 8.50. The number of phenolic OH excluding ortho intramolecular Hbond substituents is 1. The van der Waals surface area contributed by atoms with Crippen LogP contribution in [0.15, 0.2) is 6.07 Å². The largest absolute Gasteiger partial charge is 0.505 e. The molecule has 0 aliphatic heterocycles. The van der Waals surface area contributed by atoms with E-state index in [9.17, 15) is 22.7 Å². The topological polar surface area (TPSA) is 20.2 Å². The molecule has 17 heavy (non-hydrogen) atoms. The molecule has 1 rings (SSSR count). The summed E-state index contributed by atoms with van der Waals surface area (Å²) in [7, 11) is 0. The van der Waals surface area contributed by atoms with Gasteiger partial charge in [0.2, 0.25) is 0 Å². The molecule has 0 radical (unpaired) electrons. The second-order valence-electron chi connectivity index (χ2n) is 4.69. The smallest absolute Gasteiger partial charge is 0.418 e. The summed E-state index contributed by atoms with van der Waals surface area (Å²) in [4.78, 5) is 0. The lowest BCUT2D eigenvalue weighted by Crippen LogP contribution is -2.22. The monoisotopic (exact) mass is 270 g/mol. The maximum absolute atomic E-state index is 13.7. The number of benzene rings is 1. The quantitative estimate of drug-likeness (QED) is 0.688. The summed E-state index contributed by atoms with van der Waals surface area (Å²) >= 11 is 5.45. The van der Waals surface area contributed by atoms with Gasteiger partial charge < -0.3 is 5.11 Å². The summed E-state index contributed by atoms with van der Waals surface area (Å²) in [6.07, 6.45) is -4.77. The molecule has 0 aromatic heterocycles. The Hall–Kier alpha value is -0.970. The van der Waals surface area contributed by atoms with Gasteiger partial charge in [-0.2, -0.15) is 13.2 Å². The fraction of sp³-hybridized carbons (Fsp3) is 0.455. The van der Waals surface area contributed by atoms with Crippen molar-refractivity contribution in [1.29, 1.82) is 0 Å². The zero-order chi connectivity index (χ0) is 13.6. The highest BCUT2D eigenvalue weighted by Gasteiger charge is 2.41. The molecular weight excluding hydrogens is 260 g/mol. The van der Waals surface area contributed by atoms with Crippen LogP contribution >= 0.6 is 11.6 Å². The summed E-state index contributed by atoms with van der Waals surface area (Å²) in [6, 6.07) is 0.564. The van der Waals surface area contributed by atoms with Gasteiger partial charge in [0.1, 0.15) is 0 Å². The number of aromatic hydroxyl groups is 1. The van der Waals surface area contributed by atoms with Crippen molar-refractivity contribution in [1.82, 2.24) is 0 Å². The first-order chi connectivity index (χ1) is 7.46.